The van der Waals surface area contributed by atoms with Crippen molar-refractivity contribution in [3.8, 4) is 0 Å². The average molecular weight is 290 g/mol. The Balaban J connectivity index is 1.97. The smallest absolute Gasteiger partial charge is 0.190 e. The van der Waals surface area contributed by atoms with E-state index < -0.39 is 24.3 Å². The van der Waals surface area contributed by atoms with Crippen LogP contribution in [0.15, 0.2) is 0 Å². The van der Waals surface area contributed by atoms with Gasteiger partial charge in [0.2, 0.25) is 0 Å². The molecule has 2 saturated heterocycles. The standard InChI is InChI=1S/C14H26O6/c1-13(2,3)17-7-8(15)9-10(16-6)11-12(18-9)20-14(4,5)19-11/h8-12,15H,7H2,1-6H3/t8-,9-,10+,11-,12-/m1/s1. The second-order valence-electron chi connectivity index (χ2n) is 6.76. The molecule has 118 valence electrons. The van der Waals surface area contributed by atoms with Crippen molar-refractivity contribution in [3.05, 3.63) is 0 Å². The number of rotatable bonds is 4. The molecular weight excluding hydrogens is 264 g/mol. The van der Waals surface area contributed by atoms with Crippen LogP contribution < -0.4 is 0 Å². The maximum atomic E-state index is 10.3. The fraction of sp³-hybridized carbons (Fsp3) is 1.00. The molecule has 5 atom stereocenters. The Morgan fingerprint density at radius 3 is 2.45 bits per heavy atom. The predicted octanol–water partition coefficient (Wildman–Crippen LogP) is 1.05. The van der Waals surface area contributed by atoms with Gasteiger partial charge in [0, 0.05) is 7.11 Å². The van der Waals surface area contributed by atoms with Gasteiger partial charge in [0.05, 0.1) is 12.2 Å². The molecule has 1 N–H and O–H groups in total. The van der Waals surface area contributed by atoms with E-state index in [0.29, 0.717) is 0 Å². The quantitative estimate of drug-likeness (QED) is 0.835. The third kappa shape index (κ3) is 3.50. The molecule has 0 bridgehead atoms. The molecule has 20 heavy (non-hydrogen) atoms. The highest BCUT2D eigenvalue weighted by Crippen LogP contribution is 2.39. The minimum atomic E-state index is -0.792. The van der Waals surface area contributed by atoms with Crippen LogP contribution in [0.2, 0.25) is 0 Å². The summed E-state index contributed by atoms with van der Waals surface area (Å²) in [6.07, 6.45) is -2.53. The number of aliphatic hydroxyl groups is 1. The van der Waals surface area contributed by atoms with Crippen molar-refractivity contribution < 1.29 is 28.8 Å². The number of ether oxygens (including phenoxy) is 5. The van der Waals surface area contributed by atoms with Gasteiger partial charge in [-0.25, -0.2) is 0 Å². The van der Waals surface area contributed by atoms with E-state index in [0.717, 1.165) is 0 Å². The normalized spacial score (nSPS) is 38.0. The summed E-state index contributed by atoms with van der Waals surface area (Å²) >= 11 is 0. The van der Waals surface area contributed by atoms with E-state index in [1.165, 1.54) is 0 Å². The first kappa shape index (κ1) is 16.1. The zero-order chi connectivity index (χ0) is 15.1. The van der Waals surface area contributed by atoms with Crippen LogP contribution in [0.3, 0.4) is 0 Å². The summed E-state index contributed by atoms with van der Waals surface area (Å²) in [5.74, 6) is -0.691. The topological polar surface area (TPSA) is 66.4 Å². The third-order valence-corrected chi connectivity index (χ3v) is 3.37. The van der Waals surface area contributed by atoms with E-state index in [9.17, 15) is 5.11 Å². The van der Waals surface area contributed by atoms with Crippen molar-refractivity contribution in [2.45, 2.75) is 76.7 Å². The lowest BCUT2D eigenvalue weighted by molar-refractivity contribution is -0.232. The van der Waals surface area contributed by atoms with Crippen LogP contribution >= 0.6 is 0 Å². The molecule has 0 aromatic carbocycles. The first-order chi connectivity index (χ1) is 9.13. The lowest BCUT2D eigenvalue weighted by atomic mass is 10.1. The fourth-order valence-corrected chi connectivity index (χ4v) is 2.51. The summed E-state index contributed by atoms with van der Waals surface area (Å²) in [5.41, 5.74) is -0.312. The zero-order valence-electron chi connectivity index (χ0n) is 13.1. The van der Waals surface area contributed by atoms with Gasteiger partial charge in [-0.1, -0.05) is 0 Å². The van der Waals surface area contributed by atoms with Crippen molar-refractivity contribution >= 4 is 0 Å². The molecule has 0 saturated carbocycles. The first-order valence-electron chi connectivity index (χ1n) is 6.99. The van der Waals surface area contributed by atoms with Gasteiger partial charge < -0.3 is 28.8 Å². The first-order valence-corrected chi connectivity index (χ1v) is 6.99. The Hall–Kier alpha value is -0.240. The summed E-state index contributed by atoms with van der Waals surface area (Å²) in [5, 5.41) is 10.3. The van der Waals surface area contributed by atoms with Gasteiger partial charge in [-0.05, 0) is 34.6 Å². The van der Waals surface area contributed by atoms with Crippen LogP contribution in [-0.4, -0.2) is 60.9 Å². The SMILES string of the molecule is CO[C@@H]1[C@H]2OC(C)(C)O[C@H]2O[C@@H]1[C@H](O)COC(C)(C)C. The van der Waals surface area contributed by atoms with Gasteiger partial charge in [0.25, 0.3) is 0 Å². The summed E-state index contributed by atoms with van der Waals surface area (Å²) in [4.78, 5) is 0. The summed E-state index contributed by atoms with van der Waals surface area (Å²) in [7, 11) is 1.58. The van der Waals surface area contributed by atoms with E-state index in [2.05, 4.69) is 0 Å². The molecule has 0 amide bonds. The number of hydrogen-bond acceptors (Lipinski definition) is 6. The van der Waals surface area contributed by atoms with E-state index in [1.807, 2.05) is 34.6 Å². The van der Waals surface area contributed by atoms with Crippen molar-refractivity contribution in [2.75, 3.05) is 13.7 Å². The van der Waals surface area contributed by atoms with Crippen molar-refractivity contribution in [1.29, 1.82) is 0 Å². The maximum Gasteiger partial charge on any atom is 0.190 e. The van der Waals surface area contributed by atoms with Gasteiger partial charge in [0.15, 0.2) is 12.1 Å². The Bertz CT molecular complexity index is 337. The number of hydrogen-bond donors (Lipinski definition) is 1. The molecule has 2 rings (SSSR count). The molecule has 2 aliphatic heterocycles. The molecular formula is C14H26O6. The monoisotopic (exact) mass is 290 g/mol. The second kappa shape index (κ2) is 5.51. The van der Waals surface area contributed by atoms with Gasteiger partial charge in [-0.15, -0.1) is 0 Å². The van der Waals surface area contributed by atoms with Gasteiger partial charge in [-0.3, -0.25) is 0 Å². The molecule has 2 heterocycles. The van der Waals surface area contributed by atoms with Crippen molar-refractivity contribution in [1.82, 2.24) is 0 Å². The van der Waals surface area contributed by atoms with Crippen molar-refractivity contribution in [2.24, 2.45) is 0 Å². The third-order valence-electron chi connectivity index (χ3n) is 3.37. The Labute approximate surface area is 120 Å². The molecule has 0 aliphatic carbocycles. The highest BCUT2D eigenvalue weighted by Gasteiger charge is 2.56. The fourth-order valence-electron chi connectivity index (χ4n) is 2.51. The van der Waals surface area contributed by atoms with E-state index in [1.54, 1.807) is 7.11 Å². The lowest BCUT2D eigenvalue weighted by Gasteiger charge is -2.29. The predicted molar refractivity (Wildman–Crippen MR) is 71.2 cm³/mol. The molecule has 6 heteroatoms. The number of aliphatic hydroxyl groups excluding tert-OH is 1. The van der Waals surface area contributed by atoms with Crippen LogP contribution in [0, 0.1) is 0 Å². The van der Waals surface area contributed by atoms with Crippen LogP contribution in [0.1, 0.15) is 34.6 Å². The highest BCUT2D eigenvalue weighted by molar-refractivity contribution is 4.96. The number of methoxy groups -OCH3 is 1. The summed E-state index contributed by atoms with van der Waals surface area (Å²) < 4.78 is 28.2. The van der Waals surface area contributed by atoms with Crippen LogP contribution in [0.25, 0.3) is 0 Å². The minimum absolute atomic E-state index is 0.177. The molecule has 0 aromatic rings. The van der Waals surface area contributed by atoms with E-state index >= 15 is 0 Å². The number of fused-ring (bicyclic) bond motifs is 1. The lowest BCUT2D eigenvalue weighted by Crippen LogP contribution is -2.44. The Kier molecular flexibility index (Phi) is 4.45. The summed E-state index contributed by atoms with van der Waals surface area (Å²) in [6.45, 7) is 9.65. The van der Waals surface area contributed by atoms with E-state index in [-0.39, 0.29) is 24.4 Å². The van der Waals surface area contributed by atoms with E-state index in [4.69, 9.17) is 23.7 Å². The highest BCUT2D eigenvalue weighted by atomic mass is 16.8. The maximum absolute atomic E-state index is 10.3. The largest absolute Gasteiger partial charge is 0.388 e. The summed E-state index contributed by atoms with van der Waals surface area (Å²) in [6, 6.07) is 0. The average Bonchev–Trinajstić information content (AvgIpc) is 2.76. The van der Waals surface area contributed by atoms with Crippen LogP contribution in [0.5, 0.6) is 0 Å². The van der Waals surface area contributed by atoms with Gasteiger partial charge in [0.1, 0.15) is 24.4 Å². The van der Waals surface area contributed by atoms with Crippen LogP contribution in [-0.2, 0) is 23.7 Å². The molecule has 0 unspecified atom stereocenters. The minimum Gasteiger partial charge on any atom is -0.388 e. The molecule has 6 nitrogen and oxygen atoms in total. The molecule has 0 spiro atoms. The zero-order valence-corrected chi connectivity index (χ0v) is 13.1. The van der Waals surface area contributed by atoms with Gasteiger partial charge >= 0.3 is 0 Å². The Morgan fingerprint density at radius 1 is 1.25 bits per heavy atom. The molecule has 2 aliphatic rings. The van der Waals surface area contributed by atoms with Crippen molar-refractivity contribution in [3.63, 3.8) is 0 Å². The van der Waals surface area contributed by atoms with Crippen LogP contribution in [0.4, 0.5) is 0 Å². The molecule has 0 aromatic heterocycles. The second-order valence-corrected chi connectivity index (χ2v) is 6.76. The van der Waals surface area contributed by atoms with Gasteiger partial charge in [-0.2, -0.15) is 0 Å². The molecule has 2 fully saturated rings. The molecule has 0 radical (unpaired) electrons. The Morgan fingerprint density at radius 2 is 1.90 bits per heavy atom.